The van der Waals surface area contributed by atoms with E-state index in [1.165, 1.54) is 12.8 Å². The third kappa shape index (κ3) is 5.97. The minimum Gasteiger partial charge on any atom is -0.481 e. The summed E-state index contributed by atoms with van der Waals surface area (Å²) in [6.07, 6.45) is 2.62. The van der Waals surface area contributed by atoms with Gasteiger partial charge in [-0.1, -0.05) is 33.6 Å². The lowest BCUT2D eigenvalue weighted by Crippen LogP contribution is -2.31. The van der Waals surface area contributed by atoms with Crippen LogP contribution in [0.25, 0.3) is 0 Å². The average Bonchev–Trinajstić information content (AvgIpc) is 2.18. The molecule has 0 unspecified atom stereocenters. The minimum absolute atomic E-state index is 0.258. The lowest BCUT2D eigenvalue weighted by atomic mass is 10.0. The zero-order valence-corrected chi connectivity index (χ0v) is 9.62. The van der Waals surface area contributed by atoms with Crippen molar-refractivity contribution in [2.45, 2.75) is 40.0 Å². The van der Waals surface area contributed by atoms with Crippen LogP contribution >= 0.6 is 0 Å². The van der Waals surface area contributed by atoms with E-state index in [9.17, 15) is 4.79 Å². The normalized spacial score (nSPS) is 11.2. The molecule has 0 atom stereocenters. The monoisotopic (exact) mass is 201 g/mol. The number of carboxylic acids is 1. The third-order valence-corrected chi connectivity index (χ3v) is 2.76. The van der Waals surface area contributed by atoms with Crippen LogP contribution in [0.5, 0.6) is 0 Å². The van der Waals surface area contributed by atoms with Gasteiger partial charge in [0.15, 0.2) is 0 Å². The highest BCUT2D eigenvalue weighted by molar-refractivity contribution is 5.66. The predicted octanol–water partition coefficient (Wildman–Crippen LogP) is 2.22. The fourth-order valence-corrected chi connectivity index (χ4v) is 1.54. The molecule has 0 aliphatic carbocycles. The molecule has 0 rings (SSSR count). The molecule has 14 heavy (non-hydrogen) atoms. The number of carbonyl (C=O) groups is 1. The maximum Gasteiger partial charge on any atom is 0.304 e. The van der Waals surface area contributed by atoms with E-state index in [0.29, 0.717) is 12.5 Å². The van der Waals surface area contributed by atoms with E-state index in [4.69, 9.17) is 5.11 Å². The van der Waals surface area contributed by atoms with Gasteiger partial charge in [-0.3, -0.25) is 4.79 Å². The Morgan fingerprint density at radius 1 is 1.29 bits per heavy atom. The van der Waals surface area contributed by atoms with Crippen molar-refractivity contribution in [1.29, 1.82) is 0 Å². The van der Waals surface area contributed by atoms with Gasteiger partial charge >= 0.3 is 5.97 Å². The van der Waals surface area contributed by atoms with Crippen LogP contribution in [0.15, 0.2) is 0 Å². The van der Waals surface area contributed by atoms with E-state index >= 15 is 0 Å². The van der Waals surface area contributed by atoms with Crippen molar-refractivity contribution >= 4 is 5.97 Å². The highest BCUT2D eigenvalue weighted by atomic mass is 16.4. The van der Waals surface area contributed by atoms with Gasteiger partial charge < -0.3 is 10.0 Å². The molecule has 0 saturated carbocycles. The lowest BCUT2D eigenvalue weighted by Gasteiger charge is -2.24. The molecule has 0 amide bonds. The second kappa shape index (κ2) is 7.80. The van der Waals surface area contributed by atoms with Crippen molar-refractivity contribution in [1.82, 2.24) is 4.90 Å². The average molecular weight is 201 g/mol. The molecule has 0 aromatic rings. The van der Waals surface area contributed by atoms with Crippen molar-refractivity contribution in [2.24, 2.45) is 5.92 Å². The van der Waals surface area contributed by atoms with Crippen LogP contribution in [-0.2, 0) is 4.79 Å². The molecule has 3 nitrogen and oxygen atoms in total. The van der Waals surface area contributed by atoms with Crippen molar-refractivity contribution in [2.75, 3.05) is 19.6 Å². The largest absolute Gasteiger partial charge is 0.481 e. The Bertz CT molecular complexity index is 155. The van der Waals surface area contributed by atoms with Gasteiger partial charge in [0.1, 0.15) is 0 Å². The van der Waals surface area contributed by atoms with Crippen molar-refractivity contribution in [3.8, 4) is 0 Å². The molecular formula is C11H23NO2. The molecule has 0 aromatic carbocycles. The molecular weight excluding hydrogens is 178 g/mol. The lowest BCUT2D eigenvalue weighted by molar-refractivity contribution is -0.137. The third-order valence-electron chi connectivity index (χ3n) is 2.76. The first-order valence-corrected chi connectivity index (χ1v) is 5.58. The van der Waals surface area contributed by atoms with Gasteiger partial charge in [0.25, 0.3) is 0 Å². The summed E-state index contributed by atoms with van der Waals surface area (Å²) in [5.41, 5.74) is 0. The summed E-state index contributed by atoms with van der Waals surface area (Å²) < 4.78 is 0. The van der Waals surface area contributed by atoms with E-state index in [-0.39, 0.29) is 6.42 Å². The summed E-state index contributed by atoms with van der Waals surface area (Å²) in [5.74, 6) is 0.0109. The van der Waals surface area contributed by atoms with Crippen LogP contribution in [-0.4, -0.2) is 35.6 Å². The van der Waals surface area contributed by atoms with Crippen molar-refractivity contribution < 1.29 is 9.90 Å². The molecule has 0 aliphatic rings. The summed E-state index contributed by atoms with van der Waals surface area (Å²) in [6, 6.07) is 0. The van der Waals surface area contributed by atoms with Crippen LogP contribution in [0.2, 0.25) is 0 Å². The van der Waals surface area contributed by atoms with Crippen LogP contribution in [0.1, 0.15) is 40.0 Å². The number of hydrogen-bond donors (Lipinski definition) is 1. The molecule has 0 bridgehead atoms. The van der Waals surface area contributed by atoms with E-state index in [2.05, 4.69) is 25.7 Å². The molecule has 0 aliphatic heterocycles. The molecule has 0 spiro atoms. The molecule has 0 fully saturated rings. The Kier molecular flexibility index (Phi) is 7.48. The van der Waals surface area contributed by atoms with Crippen molar-refractivity contribution in [3.63, 3.8) is 0 Å². The van der Waals surface area contributed by atoms with Crippen LogP contribution in [0, 0.1) is 5.92 Å². The van der Waals surface area contributed by atoms with Crippen LogP contribution < -0.4 is 0 Å². The minimum atomic E-state index is -0.701. The highest BCUT2D eigenvalue weighted by Gasteiger charge is 2.10. The topological polar surface area (TPSA) is 40.5 Å². The van der Waals surface area contributed by atoms with Gasteiger partial charge in [-0.2, -0.15) is 0 Å². The first-order valence-electron chi connectivity index (χ1n) is 5.58. The quantitative estimate of drug-likeness (QED) is 0.654. The molecule has 1 N–H and O–H groups in total. The summed E-state index contributed by atoms with van der Waals surface area (Å²) >= 11 is 0. The number of aliphatic carboxylic acids is 1. The molecule has 3 heteroatoms. The van der Waals surface area contributed by atoms with Gasteiger partial charge in [-0.25, -0.2) is 0 Å². The molecule has 0 aromatic heterocycles. The van der Waals surface area contributed by atoms with E-state index in [1.807, 2.05) is 0 Å². The van der Waals surface area contributed by atoms with E-state index in [0.717, 1.165) is 13.1 Å². The predicted molar refractivity (Wildman–Crippen MR) is 58.4 cm³/mol. The maximum atomic E-state index is 10.4. The van der Waals surface area contributed by atoms with Gasteiger partial charge in [0, 0.05) is 13.1 Å². The smallest absolute Gasteiger partial charge is 0.304 e. The Morgan fingerprint density at radius 3 is 2.21 bits per heavy atom. The van der Waals surface area contributed by atoms with Crippen molar-refractivity contribution in [3.05, 3.63) is 0 Å². The first kappa shape index (κ1) is 13.4. The zero-order chi connectivity index (χ0) is 11.0. The molecule has 84 valence electrons. The SMILES string of the molecule is CCC(CC)CN(CC)CCC(=O)O. The second-order valence-electron chi connectivity index (χ2n) is 3.72. The number of nitrogens with zero attached hydrogens (tertiary/aromatic N) is 1. The standard InChI is InChI=1S/C11H23NO2/c1-4-10(5-2)9-12(6-3)8-7-11(13)14/h10H,4-9H2,1-3H3,(H,13,14). The fourth-order valence-electron chi connectivity index (χ4n) is 1.54. The Balaban J connectivity index is 3.82. The first-order chi connectivity index (χ1) is 6.63. The fraction of sp³-hybridized carbons (Fsp3) is 0.909. The molecule has 0 saturated heterocycles. The summed E-state index contributed by atoms with van der Waals surface area (Å²) in [6.45, 7) is 9.14. The highest BCUT2D eigenvalue weighted by Crippen LogP contribution is 2.09. The van der Waals surface area contributed by atoms with Gasteiger partial charge in [-0.05, 0) is 12.5 Å². The van der Waals surface area contributed by atoms with Gasteiger partial charge in [0.2, 0.25) is 0 Å². The number of rotatable bonds is 8. The molecule has 0 radical (unpaired) electrons. The molecule has 0 heterocycles. The summed E-state index contributed by atoms with van der Waals surface area (Å²) in [4.78, 5) is 12.6. The Morgan fingerprint density at radius 2 is 1.86 bits per heavy atom. The van der Waals surface area contributed by atoms with Gasteiger partial charge in [-0.15, -0.1) is 0 Å². The van der Waals surface area contributed by atoms with Gasteiger partial charge in [0.05, 0.1) is 6.42 Å². The summed E-state index contributed by atoms with van der Waals surface area (Å²) in [5, 5.41) is 8.58. The van der Waals surface area contributed by atoms with E-state index in [1.54, 1.807) is 0 Å². The number of hydrogen-bond acceptors (Lipinski definition) is 2. The van der Waals surface area contributed by atoms with Crippen LogP contribution in [0.4, 0.5) is 0 Å². The Hall–Kier alpha value is -0.570. The Labute approximate surface area is 87.1 Å². The van der Waals surface area contributed by atoms with E-state index < -0.39 is 5.97 Å². The zero-order valence-electron chi connectivity index (χ0n) is 9.62. The number of carboxylic acid groups (broad SMARTS) is 1. The van der Waals surface area contributed by atoms with Crippen LogP contribution in [0.3, 0.4) is 0 Å². The maximum absolute atomic E-state index is 10.4. The second-order valence-corrected chi connectivity index (χ2v) is 3.72. The summed E-state index contributed by atoms with van der Waals surface area (Å²) in [7, 11) is 0.